The Labute approximate surface area is 153 Å². The second kappa shape index (κ2) is 8.61. The number of amides is 1. The molecule has 1 aliphatic heterocycles. The highest BCUT2D eigenvalue weighted by Gasteiger charge is 2.28. The van der Waals surface area contributed by atoms with Crippen LogP contribution in [-0.2, 0) is 24.3 Å². The zero-order valence-electron chi connectivity index (χ0n) is 15.1. The molecule has 0 aliphatic carbocycles. The quantitative estimate of drug-likeness (QED) is 0.722. The van der Waals surface area contributed by atoms with Crippen LogP contribution in [0.5, 0.6) is 0 Å². The Morgan fingerprint density at radius 2 is 1.88 bits per heavy atom. The Kier molecular flexibility index (Phi) is 6.74. The number of rotatable bonds is 6. The van der Waals surface area contributed by atoms with Gasteiger partial charge < -0.3 is 14.8 Å². The Morgan fingerprint density at radius 3 is 2.46 bits per heavy atom. The zero-order chi connectivity index (χ0) is 19.3. The molecule has 1 amide bonds. The monoisotopic (exact) mass is 384 g/mol. The van der Waals surface area contributed by atoms with Gasteiger partial charge >= 0.3 is 5.97 Å². The molecule has 1 fully saturated rings. The van der Waals surface area contributed by atoms with Gasteiger partial charge in [-0.1, -0.05) is 19.9 Å². The minimum atomic E-state index is -3.70. The van der Waals surface area contributed by atoms with Gasteiger partial charge in [0.15, 0.2) is 0 Å². The number of esters is 1. The number of benzene rings is 1. The molecule has 144 valence electrons. The summed E-state index contributed by atoms with van der Waals surface area (Å²) < 4.78 is 36.6. The second-order valence-electron chi connectivity index (χ2n) is 6.26. The van der Waals surface area contributed by atoms with Crippen LogP contribution in [0, 0.1) is 5.92 Å². The summed E-state index contributed by atoms with van der Waals surface area (Å²) in [7, 11) is -2.45. The van der Waals surface area contributed by atoms with E-state index in [1.165, 1.54) is 35.7 Å². The molecule has 0 radical (unpaired) electrons. The number of hydrogen-bond acceptors (Lipinski definition) is 6. The van der Waals surface area contributed by atoms with Crippen molar-refractivity contribution in [3.05, 3.63) is 29.8 Å². The molecule has 1 aliphatic rings. The van der Waals surface area contributed by atoms with E-state index in [-0.39, 0.29) is 29.5 Å². The molecule has 1 N–H and O–H groups in total. The van der Waals surface area contributed by atoms with E-state index in [0.717, 1.165) is 0 Å². The van der Waals surface area contributed by atoms with Crippen molar-refractivity contribution in [2.45, 2.75) is 24.8 Å². The number of nitrogens with zero attached hydrogens (tertiary/aromatic N) is 1. The summed E-state index contributed by atoms with van der Waals surface area (Å²) in [5, 5.41) is 2.60. The van der Waals surface area contributed by atoms with E-state index in [4.69, 9.17) is 9.47 Å². The smallest absolute Gasteiger partial charge is 0.328 e. The van der Waals surface area contributed by atoms with Crippen LogP contribution in [0.15, 0.2) is 29.2 Å². The van der Waals surface area contributed by atoms with E-state index in [1.54, 1.807) is 13.8 Å². The molecule has 1 aromatic carbocycles. The fourth-order valence-electron chi connectivity index (χ4n) is 2.58. The van der Waals surface area contributed by atoms with Gasteiger partial charge in [-0.05, 0) is 24.1 Å². The number of carbonyl (C=O) groups excluding carboxylic acids is 2. The maximum atomic E-state index is 12.7. The number of hydrogen-bond donors (Lipinski definition) is 1. The minimum absolute atomic E-state index is 0.0335. The molecule has 0 bridgehead atoms. The van der Waals surface area contributed by atoms with Gasteiger partial charge in [0.2, 0.25) is 10.0 Å². The standard InChI is InChI=1S/C17H24N2O6S/c1-12(2)15(17(21)24-3)18-16(20)13-5-4-6-14(11-13)26(22,23)19-7-9-25-10-8-19/h4-6,11-12,15H,7-10H2,1-3H3,(H,18,20)/t15-/m1/s1. The predicted molar refractivity (Wildman–Crippen MR) is 94.1 cm³/mol. The van der Waals surface area contributed by atoms with Crippen molar-refractivity contribution in [2.24, 2.45) is 5.92 Å². The van der Waals surface area contributed by atoms with Crippen LogP contribution in [0.3, 0.4) is 0 Å². The molecule has 1 heterocycles. The van der Waals surface area contributed by atoms with E-state index in [2.05, 4.69) is 5.32 Å². The van der Waals surface area contributed by atoms with Crippen LogP contribution in [0.25, 0.3) is 0 Å². The minimum Gasteiger partial charge on any atom is -0.467 e. The molecular formula is C17H24N2O6S. The van der Waals surface area contributed by atoms with Crippen LogP contribution in [0.2, 0.25) is 0 Å². The van der Waals surface area contributed by atoms with Gasteiger partial charge in [-0.15, -0.1) is 0 Å². The van der Waals surface area contributed by atoms with E-state index in [0.29, 0.717) is 13.2 Å². The highest BCUT2D eigenvalue weighted by atomic mass is 32.2. The third kappa shape index (κ3) is 4.60. The maximum absolute atomic E-state index is 12.7. The van der Waals surface area contributed by atoms with Gasteiger partial charge in [0.25, 0.3) is 5.91 Å². The largest absolute Gasteiger partial charge is 0.467 e. The van der Waals surface area contributed by atoms with Gasteiger partial charge in [-0.3, -0.25) is 4.79 Å². The summed E-state index contributed by atoms with van der Waals surface area (Å²) in [5.74, 6) is -1.26. The Balaban J connectivity index is 2.22. The molecule has 0 spiro atoms. The normalized spacial score (nSPS) is 16.9. The van der Waals surface area contributed by atoms with Crippen LogP contribution in [0.1, 0.15) is 24.2 Å². The fourth-order valence-corrected chi connectivity index (χ4v) is 4.04. The summed E-state index contributed by atoms with van der Waals surface area (Å²) in [4.78, 5) is 24.3. The van der Waals surface area contributed by atoms with Crippen LogP contribution in [-0.4, -0.2) is 64.1 Å². The summed E-state index contributed by atoms with van der Waals surface area (Å²) >= 11 is 0. The number of ether oxygens (including phenoxy) is 2. The SMILES string of the molecule is COC(=O)[C@H](NC(=O)c1cccc(S(=O)(=O)N2CCOCC2)c1)C(C)C. The van der Waals surface area contributed by atoms with Gasteiger partial charge in [0.05, 0.1) is 25.2 Å². The number of methoxy groups -OCH3 is 1. The van der Waals surface area contributed by atoms with Crippen molar-refractivity contribution in [3.8, 4) is 0 Å². The van der Waals surface area contributed by atoms with E-state index < -0.39 is 27.9 Å². The Bertz CT molecular complexity index is 756. The summed E-state index contributed by atoms with van der Waals surface area (Å²) in [6.45, 7) is 4.79. The molecule has 0 unspecified atom stereocenters. The average molecular weight is 384 g/mol. The van der Waals surface area contributed by atoms with Crippen LogP contribution >= 0.6 is 0 Å². The van der Waals surface area contributed by atoms with Crippen molar-refractivity contribution < 1.29 is 27.5 Å². The molecule has 0 saturated carbocycles. The average Bonchev–Trinajstić information content (AvgIpc) is 2.65. The summed E-state index contributed by atoms with van der Waals surface area (Å²) in [5.41, 5.74) is 0.161. The van der Waals surface area contributed by atoms with Crippen molar-refractivity contribution in [2.75, 3.05) is 33.4 Å². The fraction of sp³-hybridized carbons (Fsp3) is 0.529. The second-order valence-corrected chi connectivity index (χ2v) is 8.20. The van der Waals surface area contributed by atoms with Gasteiger partial charge in [-0.2, -0.15) is 4.31 Å². The lowest BCUT2D eigenvalue weighted by Crippen LogP contribution is -2.45. The molecule has 1 saturated heterocycles. The Hall–Kier alpha value is -1.97. The van der Waals surface area contributed by atoms with Crippen LogP contribution < -0.4 is 5.32 Å². The number of nitrogens with one attached hydrogen (secondary N) is 1. The predicted octanol–water partition coefficient (Wildman–Crippen LogP) is 0.635. The maximum Gasteiger partial charge on any atom is 0.328 e. The van der Waals surface area contributed by atoms with Gasteiger partial charge in [0, 0.05) is 18.7 Å². The Morgan fingerprint density at radius 1 is 1.23 bits per heavy atom. The summed E-state index contributed by atoms with van der Waals surface area (Å²) in [6, 6.07) is 4.95. The molecular weight excluding hydrogens is 360 g/mol. The third-order valence-corrected chi connectivity index (χ3v) is 6.01. The highest BCUT2D eigenvalue weighted by Crippen LogP contribution is 2.18. The third-order valence-electron chi connectivity index (χ3n) is 4.11. The van der Waals surface area contributed by atoms with E-state index in [9.17, 15) is 18.0 Å². The lowest BCUT2D eigenvalue weighted by molar-refractivity contribution is -0.144. The lowest BCUT2D eigenvalue weighted by Gasteiger charge is -2.26. The number of morpholine rings is 1. The first-order chi connectivity index (χ1) is 12.3. The first-order valence-corrected chi connectivity index (χ1v) is 9.78. The van der Waals surface area contributed by atoms with Crippen molar-refractivity contribution >= 4 is 21.9 Å². The lowest BCUT2D eigenvalue weighted by atomic mass is 10.0. The number of sulfonamides is 1. The first kappa shape index (κ1) is 20.3. The van der Waals surface area contributed by atoms with Crippen molar-refractivity contribution in [3.63, 3.8) is 0 Å². The van der Waals surface area contributed by atoms with Gasteiger partial charge in [-0.25, -0.2) is 13.2 Å². The van der Waals surface area contributed by atoms with E-state index in [1.807, 2.05) is 0 Å². The molecule has 0 aromatic heterocycles. The molecule has 2 rings (SSSR count). The van der Waals surface area contributed by atoms with E-state index >= 15 is 0 Å². The van der Waals surface area contributed by atoms with Crippen molar-refractivity contribution in [1.82, 2.24) is 9.62 Å². The van der Waals surface area contributed by atoms with Crippen molar-refractivity contribution in [1.29, 1.82) is 0 Å². The van der Waals surface area contributed by atoms with Gasteiger partial charge in [0.1, 0.15) is 6.04 Å². The molecule has 1 aromatic rings. The summed E-state index contributed by atoms with van der Waals surface area (Å²) in [6.07, 6.45) is 0. The molecule has 1 atom stereocenters. The molecule has 8 nitrogen and oxygen atoms in total. The first-order valence-electron chi connectivity index (χ1n) is 8.34. The topological polar surface area (TPSA) is 102 Å². The highest BCUT2D eigenvalue weighted by molar-refractivity contribution is 7.89. The zero-order valence-corrected chi connectivity index (χ0v) is 15.9. The van der Waals surface area contributed by atoms with Crippen LogP contribution in [0.4, 0.5) is 0 Å². The number of carbonyl (C=O) groups is 2. The molecule has 26 heavy (non-hydrogen) atoms. The molecule has 9 heteroatoms.